The maximum atomic E-state index is 12.2. The Morgan fingerprint density at radius 2 is 2.04 bits per heavy atom. The number of benzene rings is 1. The molecule has 0 saturated heterocycles. The Kier molecular flexibility index (Phi) is 4.66. The molecule has 3 aromatic rings. The van der Waals surface area contributed by atoms with Gasteiger partial charge in [-0.3, -0.25) is 19.6 Å². The summed E-state index contributed by atoms with van der Waals surface area (Å²) in [4.78, 5) is 27.2. The highest BCUT2D eigenvalue weighted by molar-refractivity contribution is 7.14. The van der Waals surface area contributed by atoms with Crippen molar-refractivity contribution in [2.24, 2.45) is 5.73 Å². The zero-order valence-electron chi connectivity index (χ0n) is 12.7. The molecule has 0 radical (unpaired) electrons. The van der Waals surface area contributed by atoms with Crippen molar-refractivity contribution in [2.75, 3.05) is 5.32 Å². The molecule has 0 aliphatic carbocycles. The third-order valence-corrected chi connectivity index (χ3v) is 4.05. The molecule has 0 fully saturated rings. The zero-order chi connectivity index (χ0) is 16.9. The summed E-state index contributed by atoms with van der Waals surface area (Å²) in [5.41, 5.74) is 7.26. The minimum absolute atomic E-state index is 0.0640. The lowest BCUT2D eigenvalue weighted by atomic mass is 10.1. The van der Waals surface area contributed by atoms with Crippen LogP contribution >= 0.6 is 11.3 Å². The first-order valence-corrected chi connectivity index (χ1v) is 8.08. The molecule has 0 aliphatic rings. The van der Waals surface area contributed by atoms with Crippen LogP contribution in [0.1, 0.15) is 21.6 Å². The molecule has 0 unspecified atom stereocenters. The Labute approximate surface area is 142 Å². The Morgan fingerprint density at radius 3 is 2.71 bits per heavy atom. The molecule has 0 saturated carbocycles. The lowest BCUT2D eigenvalue weighted by Crippen LogP contribution is -2.14. The van der Waals surface area contributed by atoms with Crippen molar-refractivity contribution in [1.82, 2.24) is 14.8 Å². The minimum atomic E-state index is -0.453. The predicted octanol–water partition coefficient (Wildman–Crippen LogP) is 1.67. The molecule has 0 atom stereocenters. The molecular formula is C16H15N5O2S. The van der Waals surface area contributed by atoms with Crippen LogP contribution in [0.2, 0.25) is 0 Å². The van der Waals surface area contributed by atoms with E-state index in [1.54, 1.807) is 23.7 Å². The Hall–Kier alpha value is -3.00. The van der Waals surface area contributed by atoms with Crippen molar-refractivity contribution in [3.05, 3.63) is 64.9 Å². The molecular weight excluding hydrogens is 326 g/mol. The number of hydrogen-bond donors (Lipinski definition) is 2. The Morgan fingerprint density at radius 1 is 1.25 bits per heavy atom. The van der Waals surface area contributed by atoms with Crippen LogP contribution in [-0.4, -0.2) is 26.6 Å². The first-order valence-electron chi connectivity index (χ1n) is 7.20. The predicted molar refractivity (Wildman–Crippen MR) is 90.7 cm³/mol. The molecule has 3 N–H and O–H groups in total. The van der Waals surface area contributed by atoms with Gasteiger partial charge in [-0.2, -0.15) is 5.10 Å². The molecule has 8 heteroatoms. The third-order valence-electron chi connectivity index (χ3n) is 3.25. The van der Waals surface area contributed by atoms with Gasteiger partial charge < -0.3 is 5.73 Å². The summed E-state index contributed by atoms with van der Waals surface area (Å²) >= 11 is 1.26. The summed E-state index contributed by atoms with van der Waals surface area (Å²) in [5, 5.41) is 9.00. The molecule has 1 aromatic carbocycles. The lowest BCUT2D eigenvalue weighted by molar-refractivity contribution is -0.117. The summed E-state index contributed by atoms with van der Waals surface area (Å²) < 4.78 is 1.81. The third kappa shape index (κ3) is 4.05. The standard InChI is InChI=1S/C16H15N5O2S/c17-14(22)8-13-10-24-16(19-13)20-15(23)12-4-2-11(3-5-12)9-21-7-1-6-18-21/h1-7,10H,8-9H2,(H2,17,22)(H,19,20,23). The lowest BCUT2D eigenvalue weighted by Gasteiger charge is -2.05. The van der Waals surface area contributed by atoms with Crippen LogP contribution in [-0.2, 0) is 17.8 Å². The van der Waals surface area contributed by atoms with Crippen molar-refractivity contribution in [2.45, 2.75) is 13.0 Å². The van der Waals surface area contributed by atoms with Gasteiger partial charge in [-0.1, -0.05) is 12.1 Å². The average Bonchev–Trinajstić information content (AvgIpc) is 3.20. The van der Waals surface area contributed by atoms with Crippen LogP contribution in [0, 0.1) is 0 Å². The number of primary amides is 1. The molecule has 0 aliphatic heterocycles. The second kappa shape index (κ2) is 7.05. The number of rotatable bonds is 6. The summed E-state index contributed by atoms with van der Waals surface area (Å²) in [6.07, 6.45) is 3.67. The number of carbonyl (C=O) groups is 2. The molecule has 24 heavy (non-hydrogen) atoms. The number of aromatic nitrogens is 3. The Bertz CT molecular complexity index is 840. The number of carbonyl (C=O) groups excluding carboxylic acids is 2. The smallest absolute Gasteiger partial charge is 0.257 e. The van der Waals surface area contributed by atoms with Crippen LogP contribution in [0.15, 0.2) is 48.1 Å². The first kappa shape index (κ1) is 15.9. The van der Waals surface area contributed by atoms with E-state index in [-0.39, 0.29) is 12.3 Å². The molecule has 2 heterocycles. The van der Waals surface area contributed by atoms with E-state index in [0.717, 1.165) is 5.56 Å². The molecule has 7 nitrogen and oxygen atoms in total. The average molecular weight is 341 g/mol. The summed E-state index contributed by atoms with van der Waals surface area (Å²) in [6.45, 7) is 0.651. The molecule has 2 amide bonds. The number of amides is 2. The first-order chi connectivity index (χ1) is 11.6. The van der Waals surface area contributed by atoms with Crippen molar-refractivity contribution < 1.29 is 9.59 Å². The van der Waals surface area contributed by atoms with Crippen molar-refractivity contribution >= 4 is 28.3 Å². The van der Waals surface area contributed by atoms with Crippen LogP contribution in [0.5, 0.6) is 0 Å². The monoisotopic (exact) mass is 341 g/mol. The molecule has 3 rings (SSSR count). The van der Waals surface area contributed by atoms with Crippen LogP contribution < -0.4 is 11.1 Å². The topological polar surface area (TPSA) is 103 Å². The number of nitrogens with two attached hydrogens (primary N) is 1. The van der Waals surface area contributed by atoms with E-state index in [0.29, 0.717) is 22.9 Å². The normalized spacial score (nSPS) is 10.5. The molecule has 2 aromatic heterocycles. The number of hydrogen-bond acceptors (Lipinski definition) is 5. The van der Waals surface area contributed by atoms with Gasteiger partial charge >= 0.3 is 0 Å². The van der Waals surface area contributed by atoms with Crippen LogP contribution in [0.25, 0.3) is 0 Å². The van der Waals surface area contributed by atoms with E-state index in [1.807, 2.05) is 29.1 Å². The fourth-order valence-corrected chi connectivity index (χ4v) is 2.84. The largest absolute Gasteiger partial charge is 0.369 e. The number of nitrogens with one attached hydrogen (secondary N) is 1. The molecule has 0 bridgehead atoms. The van der Waals surface area contributed by atoms with Crippen LogP contribution in [0.3, 0.4) is 0 Å². The highest BCUT2D eigenvalue weighted by atomic mass is 32.1. The van der Waals surface area contributed by atoms with E-state index < -0.39 is 5.91 Å². The van der Waals surface area contributed by atoms with E-state index in [9.17, 15) is 9.59 Å². The maximum Gasteiger partial charge on any atom is 0.257 e. The van der Waals surface area contributed by atoms with Gasteiger partial charge in [0.05, 0.1) is 18.7 Å². The number of nitrogens with zero attached hydrogens (tertiary/aromatic N) is 3. The van der Waals surface area contributed by atoms with Gasteiger partial charge in [-0.15, -0.1) is 11.3 Å². The van der Waals surface area contributed by atoms with Crippen molar-refractivity contribution in [1.29, 1.82) is 0 Å². The highest BCUT2D eigenvalue weighted by Gasteiger charge is 2.10. The van der Waals surface area contributed by atoms with E-state index in [2.05, 4.69) is 15.4 Å². The molecule has 122 valence electrons. The summed E-state index contributed by atoms with van der Waals surface area (Å²) in [5.74, 6) is -0.702. The maximum absolute atomic E-state index is 12.2. The highest BCUT2D eigenvalue weighted by Crippen LogP contribution is 2.17. The second-order valence-electron chi connectivity index (χ2n) is 5.14. The van der Waals surface area contributed by atoms with E-state index in [1.165, 1.54) is 11.3 Å². The van der Waals surface area contributed by atoms with Gasteiger partial charge in [0.25, 0.3) is 5.91 Å². The Balaban J connectivity index is 1.62. The van der Waals surface area contributed by atoms with Gasteiger partial charge in [0.1, 0.15) is 0 Å². The van der Waals surface area contributed by atoms with E-state index in [4.69, 9.17) is 5.73 Å². The minimum Gasteiger partial charge on any atom is -0.369 e. The van der Waals surface area contributed by atoms with E-state index >= 15 is 0 Å². The number of thiazole rings is 1. The SMILES string of the molecule is NC(=O)Cc1csc(NC(=O)c2ccc(Cn3cccn3)cc2)n1. The fraction of sp³-hybridized carbons (Fsp3) is 0.125. The van der Waals surface area contributed by atoms with Gasteiger partial charge in [0, 0.05) is 23.3 Å². The number of anilines is 1. The van der Waals surface area contributed by atoms with Gasteiger partial charge in [0.15, 0.2) is 5.13 Å². The van der Waals surface area contributed by atoms with Crippen LogP contribution in [0.4, 0.5) is 5.13 Å². The van der Waals surface area contributed by atoms with Crippen molar-refractivity contribution in [3.8, 4) is 0 Å². The quantitative estimate of drug-likeness (QED) is 0.712. The van der Waals surface area contributed by atoms with Gasteiger partial charge in [0.2, 0.25) is 5.91 Å². The second-order valence-corrected chi connectivity index (χ2v) is 6.00. The van der Waals surface area contributed by atoms with Gasteiger partial charge in [-0.05, 0) is 23.8 Å². The summed E-state index contributed by atoms with van der Waals surface area (Å²) in [7, 11) is 0. The fourth-order valence-electron chi connectivity index (χ4n) is 2.14. The van der Waals surface area contributed by atoms with Gasteiger partial charge in [-0.25, -0.2) is 4.98 Å². The molecule has 0 spiro atoms. The summed E-state index contributed by atoms with van der Waals surface area (Å²) in [6, 6.07) is 9.15. The zero-order valence-corrected chi connectivity index (χ0v) is 13.5. The van der Waals surface area contributed by atoms with Crippen molar-refractivity contribution in [3.63, 3.8) is 0 Å².